The molecule has 22 heavy (non-hydrogen) atoms. The van der Waals surface area contributed by atoms with Crippen molar-refractivity contribution in [2.45, 2.75) is 64.5 Å². The van der Waals surface area contributed by atoms with Gasteiger partial charge in [0.25, 0.3) is 0 Å². The summed E-state index contributed by atoms with van der Waals surface area (Å²) in [5.41, 5.74) is 6.13. The highest BCUT2D eigenvalue weighted by atomic mass is 16.5. The van der Waals surface area contributed by atoms with E-state index in [4.69, 9.17) is 10.5 Å². The van der Waals surface area contributed by atoms with Gasteiger partial charge in [-0.1, -0.05) is 39.5 Å². The highest BCUT2D eigenvalue weighted by Gasteiger charge is 2.23. The number of morpholine rings is 1. The second-order valence-corrected chi connectivity index (χ2v) is 7.02. The second-order valence-electron chi connectivity index (χ2n) is 7.02. The number of nitrogens with one attached hydrogen (secondary N) is 1. The van der Waals surface area contributed by atoms with Gasteiger partial charge in [0.2, 0.25) is 0 Å². The Bertz CT molecular complexity index is 332. The molecule has 0 spiro atoms. The molecule has 1 atom stereocenters. The smallest absolute Gasteiger partial charge is 0.188 e. The van der Waals surface area contributed by atoms with Crippen LogP contribution in [0.15, 0.2) is 4.99 Å². The molecule has 5 heteroatoms. The third-order valence-corrected chi connectivity index (χ3v) is 4.94. The van der Waals surface area contributed by atoms with Crippen LogP contribution in [0.5, 0.6) is 0 Å². The van der Waals surface area contributed by atoms with Crippen molar-refractivity contribution in [1.29, 1.82) is 0 Å². The molecule has 0 aromatic heterocycles. The van der Waals surface area contributed by atoms with Gasteiger partial charge < -0.3 is 15.8 Å². The molecule has 128 valence electrons. The molecule has 2 aliphatic rings. The van der Waals surface area contributed by atoms with Crippen LogP contribution in [0.1, 0.15) is 52.4 Å². The molecular weight excluding hydrogens is 276 g/mol. The summed E-state index contributed by atoms with van der Waals surface area (Å²) in [5.74, 6) is 1.21. The summed E-state index contributed by atoms with van der Waals surface area (Å²) in [6.07, 6.45) is 7.81. The van der Waals surface area contributed by atoms with E-state index in [1.54, 1.807) is 0 Å². The fraction of sp³-hybridized carbons (Fsp3) is 0.941. The zero-order valence-corrected chi connectivity index (χ0v) is 14.4. The minimum Gasteiger partial charge on any atom is -0.379 e. The first kappa shape index (κ1) is 17.5. The van der Waals surface area contributed by atoms with E-state index in [2.05, 4.69) is 29.1 Å². The number of guanidine groups is 1. The number of hydrogen-bond acceptors (Lipinski definition) is 3. The summed E-state index contributed by atoms with van der Waals surface area (Å²) in [6.45, 7) is 9.01. The first-order chi connectivity index (χ1) is 10.7. The van der Waals surface area contributed by atoms with E-state index in [0.717, 1.165) is 32.8 Å². The molecule has 0 amide bonds. The molecule has 1 heterocycles. The van der Waals surface area contributed by atoms with Crippen molar-refractivity contribution >= 4 is 5.96 Å². The fourth-order valence-corrected chi connectivity index (χ4v) is 3.53. The predicted molar refractivity (Wildman–Crippen MR) is 92.1 cm³/mol. The zero-order chi connectivity index (χ0) is 15.8. The van der Waals surface area contributed by atoms with Gasteiger partial charge in [0.1, 0.15) is 0 Å². The summed E-state index contributed by atoms with van der Waals surface area (Å²) >= 11 is 0. The Morgan fingerprint density at radius 1 is 1.18 bits per heavy atom. The molecule has 2 rings (SSSR count). The molecule has 0 bridgehead atoms. The maximum Gasteiger partial charge on any atom is 0.188 e. The maximum atomic E-state index is 6.13. The summed E-state index contributed by atoms with van der Waals surface area (Å²) in [6, 6.07) is 0.977. The van der Waals surface area contributed by atoms with E-state index in [1.807, 2.05) is 0 Å². The van der Waals surface area contributed by atoms with Crippen molar-refractivity contribution in [3.8, 4) is 0 Å². The van der Waals surface area contributed by atoms with Crippen LogP contribution < -0.4 is 11.1 Å². The highest BCUT2D eigenvalue weighted by molar-refractivity contribution is 5.78. The molecular formula is C17H34N4O. The normalized spacial score (nSPS) is 24.2. The van der Waals surface area contributed by atoms with E-state index in [0.29, 0.717) is 24.0 Å². The third kappa shape index (κ3) is 5.76. The summed E-state index contributed by atoms with van der Waals surface area (Å²) in [5, 5.41) is 3.44. The van der Waals surface area contributed by atoms with Crippen molar-refractivity contribution in [3.63, 3.8) is 0 Å². The van der Waals surface area contributed by atoms with Crippen molar-refractivity contribution < 1.29 is 4.74 Å². The van der Waals surface area contributed by atoms with E-state index < -0.39 is 0 Å². The molecule has 0 aromatic rings. The molecule has 3 N–H and O–H groups in total. The molecule has 1 aliphatic carbocycles. The predicted octanol–water partition coefficient (Wildman–Crippen LogP) is 1.97. The van der Waals surface area contributed by atoms with Gasteiger partial charge in [-0.3, -0.25) is 9.89 Å². The van der Waals surface area contributed by atoms with Crippen molar-refractivity contribution in [2.24, 2.45) is 16.6 Å². The van der Waals surface area contributed by atoms with E-state index in [9.17, 15) is 0 Å². The van der Waals surface area contributed by atoms with Gasteiger partial charge in [0.15, 0.2) is 5.96 Å². The third-order valence-electron chi connectivity index (χ3n) is 4.94. The second kappa shape index (κ2) is 9.36. The Hall–Kier alpha value is -0.810. The molecule has 1 unspecified atom stereocenters. The van der Waals surface area contributed by atoms with Crippen LogP contribution >= 0.6 is 0 Å². The standard InChI is InChI=1S/C17H34N4O/c1-14(2)16(21-9-11-22-12-10-21)13-19-17(18)20-15-7-5-3-4-6-8-15/h14-16H,3-13H2,1-2H3,(H3,18,19,20). The van der Waals surface area contributed by atoms with Crippen molar-refractivity contribution in [3.05, 3.63) is 0 Å². The number of hydrogen-bond donors (Lipinski definition) is 2. The average Bonchev–Trinajstić information content (AvgIpc) is 2.77. The van der Waals surface area contributed by atoms with Crippen LogP contribution in [0.25, 0.3) is 0 Å². The number of aliphatic imine (C=N–C) groups is 1. The van der Waals surface area contributed by atoms with Crippen molar-refractivity contribution in [2.75, 3.05) is 32.8 Å². The first-order valence-electron chi connectivity index (χ1n) is 9.05. The molecule has 5 nitrogen and oxygen atoms in total. The van der Waals surface area contributed by atoms with Crippen LogP contribution in [-0.4, -0.2) is 55.8 Å². The molecule has 2 fully saturated rings. The summed E-state index contributed by atoms with van der Waals surface area (Å²) < 4.78 is 5.45. The Morgan fingerprint density at radius 2 is 1.82 bits per heavy atom. The zero-order valence-electron chi connectivity index (χ0n) is 14.4. The molecule has 1 saturated heterocycles. The quantitative estimate of drug-likeness (QED) is 0.463. The SMILES string of the molecule is CC(C)C(CN=C(N)NC1CCCCCC1)N1CCOCC1. The highest BCUT2D eigenvalue weighted by Crippen LogP contribution is 2.17. The van der Waals surface area contributed by atoms with Gasteiger partial charge >= 0.3 is 0 Å². The van der Waals surface area contributed by atoms with Gasteiger partial charge in [-0.05, 0) is 18.8 Å². The number of nitrogens with two attached hydrogens (primary N) is 1. The van der Waals surface area contributed by atoms with Crippen molar-refractivity contribution in [1.82, 2.24) is 10.2 Å². The Morgan fingerprint density at radius 3 is 2.41 bits per heavy atom. The van der Waals surface area contributed by atoms with Crippen LogP contribution in [0, 0.1) is 5.92 Å². The Kier molecular flexibility index (Phi) is 7.46. The fourth-order valence-electron chi connectivity index (χ4n) is 3.53. The number of nitrogens with zero attached hydrogens (tertiary/aromatic N) is 2. The monoisotopic (exact) mass is 310 g/mol. The lowest BCUT2D eigenvalue weighted by atomic mass is 10.0. The van der Waals surface area contributed by atoms with Gasteiger partial charge in [0, 0.05) is 25.2 Å². The first-order valence-corrected chi connectivity index (χ1v) is 9.05. The summed E-state index contributed by atoms with van der Waals surface area (Å²) in [4.78, 5) is 7.14. The van der Waals surface area contributed by atoms with Crippen LogP contribution in [0.2, 0.25) is 0 Å². The topological polar surface area (TPSA) is 62.9 Å². The molecule has 1 saturated carbocycles. The molecule has 0 radical (unpaired) electrons. The Balaban J connectivity index is 1.83. The molecule has 1 aliphatic heterocycles. The van der Waals surface area contributed by atoms with E-state index >= 15 is 0 Å². The minimum atomic E-state index is 0.457. The van der Waals surface area contributed by atoms with Gasteiger partial charge in [0.05, 0.1) is 19.8 Å². The van der Waals surface area contributed by atoms with Gasteiger partial charge in [-0.15, -0.1) is 0 Å². The summed E-state index contributed by atoms with van der Waals surface area (Å²) in [7, 11) is 0. The van der Waals surface area contributed by atoms with Gasteiger partial charge in [-0.25, -0.2) is 0 Å². The minimum absolute atomic E-state index is 0.457. The van der Waals surface area contributed by atoms with Crippen LogP contribution in [0.3, 0.4) is 0 Å². The number of rotatable bonds is 5. The lowest BCUT2D eigenvalue weighted by Gasteiger charge is -2.36. The molecule has 0 aromatic carbocycles. The lowest BCUT2D eigenvalue weighted by molar-refractivity contribution is 0.00868. The Labute approximate surface area is 135 Å². The number of ether oxygens (including phenoxy) is 1. The van der Waals surface area contributed by atoms with Gasteiger partial charge in [-0.2, -0.15) is 0 Å². The lowest BCUT2D eigenvalue weighted by Crippen LogP contribution is -2.48. The maximum absolute atomic E-state index is 6.13. The largest absolute Gasteiger partial charge is 0.379 e. The average molecular weight is 310 g/mol. The van der Waals surface area contributed by atoms with Crippen LogP contribution in [-0.2, 0) is 4.74 Å². The van der Waals surface area contributed by atoms with Crippen LogP contribution in [0.4, 0.5) is 0 Å². The van der Waals surface area contributed by atoms with E-state index in [1.165, 1.54) is 38.5 Å². The van der Waals surface area contributed by atoms with E-state index in [-0.39, 0.29) is 0 Å².